The Bertz CT molecular complexity index is 530. The number of benzene rings is 2. The van der Waals surface area contributed by atoms with Gasteiger partial charge in [-0.1, -0.05) is 0 Å². The molecule has 2 aromatic carbocycles. The zero-order chi connectivity index (χ0) is 13.0. The number of hydrogen-bond donors (Lipinski definition) is 0. The van der Waals surface area contributed by atoms with Crippen molar-refractivity contribution < 1.29 is 0 Å². The predicted octanol–water partition coefficient (Wildman–Crippen LogP) is 4.77. The van der Waals surface area contributed by atoms with Crippen molar-refractivity contribution in [2.45, 2.75) is 0 Å². The molecule has 0 saturated carbocycles. The van der Waals surface area contributed by atoms with Gasteiger partial charge in [0, 0.05) is 23.4 Å². The van der Waals surface area contributed by atoms with Crippen LogP contribution in [0.5, 0.6) is 0 Å². The number of rotatable bonds is 3. The summed E-state index contributed by atoms with van der Waals surface area (Å²) in [5.41, 5.74) is 2.88. The molecule has 0 saturated heterocycles. The van der Waals surface area contributed by atoms with Crippen LogP contribution in [0.2, 0.25) is 0 Å². The Labute approximate surface area is 121 Å². The Balaban J connectivity index is 2.11. The van der Waals surface area contributed by atoms with E-state index in [-0.39, 0.29) is 0 Å². The Morgan fingerprint density at radius 3 is 1.67 bits per heavy atom. The van der Waals surface area contributed by atoms with Crippen LogP contribution < -0.4 is 4.90 Å². The van der Waals surface area contributed by atoms with Crippen molar-refractivity contribution in [3.63, 3.8) is 0 Å². The molecular formula is C14H14IN3. The van der Waals surface area contributed by atoms with Crippen LogP contribution in [0.15, 0.2) is 58.8 Å². The van der Waals surface area contributed by atoms with Gasteiger partial charge in [-0.2, -0.15) is 10.2 Å². The highest BCUT2D eigenvalue weighted by Crippen LogP contribution is 2.21. The van der Waals surface area contributed by atoms with E-state index in [4.69, 9.17) is 0 Å². The first-order chi connectivity index (χ1) is 8.65. The van der Waals surface area contributed by atoms with E-state index in [9.17, 15) is 0 Å². The van der Waals surface area contributed by atoms with Crippen LogP contribution in [0.25, 0.3) is 0 Å². The maximum Gasteiger partial charge on any atom is 0.0858 e. The molecule has 0 aromatic heterocycles. The number of anilines is 1. The predicted molar refractivity (Wildman–Crippen MR) is 84.1 cm³/mol. The lowest BCUT2D eigenvalue weighted by molar-refractivity contribution is 1.13. The van der Waals surface area contributed by atoms with E-state index in [1.807, 2.05) is 62.6 Å². The fourth-order valence-corrected chi connectivity index (χ4v) is 1.80. The highest BCUT2D eigenvalue weighted by molar-refractivity contribution is 14.1. The van der Waals surface area contributed by atoms with Gasteiger partial charge in [-0.05, 0) is 71.1 Å². The Kier molecular flexibility index (Phi) is 4.30. The van der Waals surface area contributed by atoms with E-state index < -0.39 is 0 Å². The molecule has 0 heterocycles. The van der Waals surface area contributed by atoms with E-state index in [0.29, 0.717) is 0 Å². The van der Waals surface area contributed by atoms with Crippen molar-refractivity contribution in [2.75, 3.05) is 19.0 Å². The molecule has 0 atom stereocenters. The molecule has 0 aliphatic heterocycles. The summed E-state index contributed by atoms with van der Waals surface area (Å²) in [7, 11) is 4.03. The molecule has 4 heteroatoms. The number of hydrogen-bond acceptors (Lipinski definition) is 3. The zero-order valence-corrected chi connectivity index (χ0v) is 12.5. The molecule has 0 bridgehead atoms. The molecule has 18 heavy (non-hydrogen) atoms. The lowest BCUT2D eigenvalue weighted by Gasteiger charge is -2.11. The van der Waals surface area contributed by atoms with E-state index in [2.05, 4.69) is 37.7 Å². The molecule has 0 spiro atoms. The molecule has 3 nitrogen and oxygen atoms in total. The Hall–Kier alpha value is -1.43. The first-order valence-corrected chi connectivity index (χ1v) is 6.68. The van der Waals surface area contributed by atoms with Gasteiger partial charge in [0.2, 0.25) is 0 Å². The van der Waals surface area contributed by atoms with Crippen LogP contribution in [-0.4, -0.2) is 14.1 Å². The highest BCUT2D eigenvalue weighted by Gasteiger charge is 1.95. The molecule has 0 aliphatic carbocycles. The highest BCUT2D eigenvalue weighted by atomic mass is 127. The van der Waals surface area contributed by atoms with Crippen LogP contribution in [-0.2, 0) is 0 Å². The lowest BCUT2D eigenvalue weighted by atomic mass is 10.3. The summed E-state index contributed by atoms with van der Waals surface area (Å²) in [6.45, 7) is 0. The lowest BCUT2D eigenvalue weighted by Crippen LogP contribution is -2.07. The molecule has 0 amide bonds. The van der Waals surface area contributed by atoms with Crippen LogP contribution >= 0.6 is 22.6 Å². The maximum absolute atomic E-state index is 4.21. The van der Waals surface area contributed by atoms with Crippen molar-refractivity contribution in [2.24, 2.45) is 10.2 Å². The zero-order valence-electron chi connectivity index (χ0n) is 10.3. The number of azo groups is 1. The summed E-state index contributed by atoms with van der Waals surface area (Å²) in [5, 5.41) is 8.41. The summed E-state index contributed by atoms with van der Waals surface area (Å²) in [6.07, 6.45) is 0. The van der Waals surface area contributed by atoms with E-state index in [1.54, 1.807) is 0 Å². The van der Waals surface area contributed by atoms with Crippen molar-refractivity contribution in [3.8, 4) is 0 Å². The minimum Gasteiger partial charge on any atom is -0.378 e. The largest absolute Gasteiger partial charge is 0.378 e. The van der Waals surface area contributed by atoms with Crippen LogP contribution in [0.4, 0.5) is 17.1 Å². The van der Waals surface area contributed by atoms with Crippen molar-refractivity contribution in [1.82, 2.24) is 0 Å². The minimum absolute atomic E-state index is 0.860. The molecule has 0 radical (unpaired) electrons. The normalized spacial score (nSPS) is 10.8. The Morgan fingerprint density at radius 2 is 1.22 bits per heavy atom. The molecule has 0 fully saturated rings. The number of nitrogens with zero attached hydrogens (tertiary/aromatic N) is 3. The van der Waals surface area contributed by atoms with Crippen LogP contribution in [0, 0.1) is 3.57 Å². The molecular weight excluding hydrogens is 337 g/mol. The van der Waals surface area contributed by atoms with E-state index in [1.165, 1.54) is 3.57 Å². The van der Waals surface area contributed by atoms with Gasteiger partial charge in [0.05, 0.1) is 11.4 Å². The van der Waals surface area contributed by atoms with Gasteiger partial charge in [-0.3, -0.25) is 0 Å². The molecule has 2 rings (SSSR count). The summed E-state index contributed by atoms with van der Waals surface area (Å²) in [6, 6.07) is 15.9. The first-order valence-electron chi connectivity index (χ1n) is 5.60. The average Bonchev–Trinajstić information content (AvgIpc) is 2.38. The third-order valence-corrected chi connectivity index (χ3v) is 3.19. The van der Waals surface area contributed by atoms with Crippen molar-refractivity contribution in [1.29, 1.82) is 0 Å². The first kappa shape index (κ1) is 13.0. The molecule has 2 aromatic rings. The second-order valence-electron chi connectivity index (χ2n) is 4.09. The fraction of sp³-hybridized carbons (Fsp3) is 0.143. The van der Waals surface area contributed by atoms with E-state index in [0.717, 1.165) is 17.1 Å². The summed E-state index contributed by atoms with van der Waals surface area (Å²) in [5.74, 6) is 0. The molecule has 0 unspecified atom stereocenters. The third-order valence-electron chi connectivity index (χ3n) is 2.47. The topological polar surface area (TPSA) is 28.0 Å². The van der Waals surface area contributed by atoms with Crippen molar-refractivity contribution >= 4 is 39.7 Å². The smallest absolute Gasteiger partial charge is 0.0858 e. The molecule has 92 valence electrons. The standard InChI is InChI=1S/C14H14IN3/c1-18(2)14-9-7-13(8-10-14)17-16-12-5-3-11(15)4-6-12/h3-10H,1-2H3. The molecule has 0 N–H and O–H groups in total. The summed E-state index contributed by atoms with van der Waals surface area (Å²) in [4.78, 5) is 2.06. The molecule has 0 aliphatic rings. The van der Waals surface area contributed by atoms with E-state index >= 15 is 0 Å². The van der Waals surface area contributed by atoms with Gasteiger partial charge in [0.25, 0.3) is 0 Å². The minimum atomic E-state index is 0.860. The van der Waals surface area contributed by atoms with Gasteiger partial charge >= 0.3 is 0 Å². The quantitative estimate of drug-likeness (QED) is 0.578. The monoisotopic (exact) mass is 351 g/mol. The average molecular weight is 351 g/mol. The van der Waals surface area contributed by atoms with Crippen molar-refractivity contribution in [3.05, 3.63) is 52.1 Å². The Morgan fingerprint density at radius 1 is 0.778 bits per heavy atom. The SMILES string of the molecule is CN(C)c1ccc(N=Nc2ccc(I)cc2)cc1. The summed E-state index contributed by atoms with van der Waals surface area (Å²) >= 11 is 2.27. The number of halogens is 1. The fourth-order valence-electron chi connectivity index (χ4n) is 1.44. The second-order valence-corrected chi connectivity index (χ2v) is 5.33. The third kappa shape index (κ3) is 3.53. The maximum atomic E-state index is 4.21. The summed E-state index contributed by atoms with van der Waals surface area (Å²) < 4.78 is 1.20. The van der Waals surface area contributed by atoms with Crippen LogP contribution in [0.1, 0.15) is 0 Å². The van der Waals surface area contributed by atoms with Gasteiger partial charge in [0.15, 0.2) is 0 Å². The van der Waals surface area contributed by atoms with Gasteiger partial charge < -0.3 is 4.90 Å². The van der Waals surface area contributed by atoms with Gasteiger partial charge in [-0.25, -0.2) is 0 Å². The second kappa shape index (κ2) is 5.95. The van der Waals surface area contributed by atoms with Gasteiger partial charge in [-0.15, -0.1) is 0 Å². The van der Waals surface area contributed by atoms with Crippen LogP contribution in [0.3, 0.4) is 0 Å². The van der Waals surface area contributed by atoms with Gasteiger partial charge in [0.1, 0.15) is 0 Å².